The summed E-state index contributed by atoms with van der Waals surface area (Å²) in [6.45, 7) is 3.20. The highest BCUT2D eigenvalue weighted by Gasteiger charge is 2.17. The van der Waals surface area contributed by atoms with Crippen LogP contribution in [-0.2, 0) is 13.0 Å². The predicted octanol–water partition coefficient (Wildman–Crippen LogP) is 3.00. The summed E-state index contributed by atoms with van der Waals surface area (Å²) in [5, 5.41) is 3.46. The summed E-state index contributed by atoms with van der Waals surface area (Å²) in [6, 6.07) is 0.582. The van der Waals surface area contributed by atoms with Gasteiger partial charge in [-0.2, -0.15) is 0 Å². The maximum Gasteiger partial charge on any atom is 0.110 e. The van der Waals surface area contributed by atoms with Crippen LogP contribution in [0.5, 0.6) is 0 Å². The molecule has 1 saturated carbocycles. The second kappa shape index (κ2) is 6.93. The molecule has 0 amide bonds. The topological polar surface area (TPSA) is 29.9 Å². The number of nitrogens with zero attached hydrogens (tertiary/aromatic N) is 2. The predicted molar refractivity (Wildman–Crippen MR) is 75.6 cm³/mol. The van der Waals surface area contributed by atoms with Crippen LogP contribution in [-0.4, -0.2) is 22.6 Å². The first-order chi connectivity index (χ1) is 8.83. The van der Waals surface area contributed by atoms with Gasteiger partial charge in [0.2, 0.25) is 0 Å². The Bertz CT molecular complexity index is 339. The summed E-state index contributed by atoms with van der Waals surface area (Å²) >= 11 is 0. The molecule has 102 valence electrons. The van der Waals surface area contributed by atoms with Crippen molar-refractivity contribution in [1.29, 1.82) is 0 Å². The molecule has 1 atom stereocenters. The van der Waals surface area contributed by atoms with Crippen LogP contribution in [0.3, 0.4) is 0 Å². The largest absolute Gasteiger partial charge is 0.335 e. The van der Waals surface area contributed by atoms with Crippen LogP contribution in [0.1, 0.15) is 51.3 Å². The summed E-state index contributed by atoms with van der Waals surface area (Å²) in [5.41, 5.74) is 0. The van der Waals surface area contributed by atoms with E-state index in [4.69, 9.17) is 0 Å². The normalized spacial score (nSPS) is 18.3. The van der Waals surface area contributed by atoms with E-state index < -0.39 is 0 Å². The standard InChI is InChI=1S/C15H27N3/c1-3-18-11-10-17-15(18)12-14(16-2)9-8-13-6-4-5-7-13/h10-11,13-14,16H,3-9,12H2,1-2H3. The van der Waals surface area contributed by atoms with Crippen LogP contribution in [0.15, 0.2) is 12.4 Å². The van der Waals surface area contributed by atoms with Gasteiger partial charge in [-0.05, 0) is 32.7 Å². The minimum Gasteiger partial charge on any atom is -0.335 e. The number of nitrogens with one attached hydrogen (secondary N) is 1. The van der Waals surface area contributed by atoms with Crippen molar-refractivity contribution < 1.29 is 0 Å². The quantitative estimate of drug-likeness (QED) is 0.805. The van der Waals surface area contributed by atoms with Crippen molar-refractivity contribution in [2.75, 3.05) is 7.05 Å². The molecule has 0 saturated heterocycles. The SMILES string of the molecule is CCn1ccnc1CC(CCC1CCCC1)NC. The number of hydrogen-bond acceptors (Lipinski definition) is 2. The van der Waals surface area contributed by atoms with E-state index in [-0.39, 0.29) is 0 Å². The van der Waals surface area contributed by atoms with E-state index in [1.54, 1.807) is 0 Å². The van der Waals surface area contributed by atoms with Gasteiger partial charge in [-0.15, -0.1) is 0 Å². The molecule has 3 nitrogen and oxygen atoms in total. The van der Waals surface area contributed by atoms with Crippen molar-refractivity contribution in [3.8, 4) is 0 Å². The monoisotopic (exact) mass is 249 g/mol. The lowest BCUT2D eigenvalue weighted by atomic mass is 9.97. The van der Waals surface area contributed by atoms with E-state index in [1.165, 1.54) is 44.3 Å². The molecule has 18 heavy (non-hydrogen) atoms. The molecule has 0 aliphatic heterocycles. The van der Waals surface area contributed by atoms with Gasteiger partial charge < -0.3 is 9.88 Å². The van der Waals surface area contributed by atoms with Crippen molar-refractivity contribution in [2.24, 2.45) is 5.92 Å². The highest BCUT2D eigenvalue weighted by Crippen LogP contribution is 2.29. The van der Waals surface area contributed by atoms with Gasteiger partial charge in [0.25, 0.3) is 0 Å². The van der Waals surface area contributed by atoms with Gasteiger partial charge in [0.1, 0.15) is 5.82 Å². The molecule has 1 heterocycles. The molecule has 0 radical (unpaired) electrons. The summed E-state index contributed by atoms with van der Waals surface area (Å²) in [5.74, 6) is 2.22. The first kappa shape index (κ1) is 13.6. The van der Waals surface area contributed by atoms with E-state index in [0.717, 1.165) is 18.9 Å². The Morgan fingerprint density at radius 3 is 2.89 bits per heavy atom. The zero-order chi connectivity index (χ0) is 12.8. The Morgan fingerprint density at radius 2 is 2.22 bits per heavy atom. The van der Waals surface area contributed by atoms with Crippen LogP contribution in [0.2, 0.25) is 0 Å². The molecule has 1 fully saturated rings. The molecule has 0 aromatic carbocycles. The number of hydrogen-bond donors (Lipinski definition) is 1. The smallest absolute Gasteiger partial charge is 0.110 e. The van der Waals surface area contributed by atoms with Gasteiger partial charge in [-0.3, -0.25) is 0 Å². The maximum atomic E-state index is 4.48. The lowest BCUT2D eigenvalue weighted by Crippen LogP contribution is -2.29. The van der Waals surface area contributed by atoms with Crippen molar-refractivity contribution in [3.05, 3.63) is 18.2 Å². The maximum absolute atomic E-state index is 4.48. The average molecular weight is 249 g/mol. The summed E-state index contributed by atoms with van der Waals surface area (Å²) in [7, 11) is 2.08. The van der Waals surface area contributed by atoms with Crippen molar-refractivity contribution in [1.82, 2.24) is 14.9 Å². The Balaban J connectivity index is 1.81. The van der Waals surface area contributed by atoms with E-state index in [0.29, 0.717) is 6.04 Å². The van der Waals surface area contributed by atoms with Gasteiger partial charge in [0, 0.05) is 31.4 Å². The molecule has 0 bridgehead atoms. The molecule has 2 rings (SSSR count). The Kier molecular flexibility index (Phi) is 5.24. The van der Waals surface area contributed by atoms with Crippen LogP contribution in [0, 0.1) is 5.92 Å². The molecule has 1 aliphatic rings. The molecule has 1 unspecified atom stereocenters. The molecular weight excluding hydrogens is 222 g/mol. The molecule has 3 heteroatoms. The van der Waals surface area contributed by atoms with Crippen LogP contribution in [0.25, 0.3) is 0 Å². The van der Waals surface area contributed by atoms with Crippen molar-refractivity contribution >= 4 is 0 Å². The number of rotatable bonds is 7. The summed E-state index contributed by atoms with van der Waals surface area (Å²) < 4.78 is 2.25. The molecule has 1 N–H and O–H groups in total. The zero-order valence-corrected chi connectivity index (χ0v) is 11.9. The van der Waals surface area contributed by atoms with Crippen molar-refractivity contribution in [3.63, 3.8) is 0 Å². The van der Waals surface area contributed by atoms with Gasteiger partial charge >= 0.3 is 0 Å². The average Bonchev–Trinajstić information content (AvgIpc) is 3.05. The Hall–Kier alpha value is -0.830. The third-order valence-corrected chi connectivity index (χ3v) is 4.38. The van der Waals surface area contributed by atoms with E-state index in [9.17, 15) is 0 Å². The second-order valence-corrected chi connectivity index (χ2v) is 5.55. The number of likely N-dealkylation sites (N-methyl/N-ethyl adjacent to an activating group) is 1. The van der Waals surface area contributed by atoms with E-state index >= 15 is 0 Å². The van der Waals surface area contributed by atoms with Crippen LogP contribution in [0.4, 0.5) is 0 Å². The lowest BCUT2D eigenvalue weighted by molar-refractivity contribution is 0.411. The van der Waals surface area contributed by atoms with E-state index in [1.807, 2.05) is 6.20 Å². The minimum atomic E-state index is 0.582. The lowest BCUT2D eigenvalue weighted by Gasteiger charge is -2.18. The molecule has 1 aromatic heterocycles. The Labute approximate surface area is 111 Å². The molecular formula is C15H27N3. The fourth-order valence-electron chi connectivity index (χ4n) is 3.12. The van der Waals surface area contributed by atoms with Crippen LogP contribution < -0.4 is 5.32 Å². The third kappa shape index (κ3) is 3.58. The van der Waals surface area contributed by atoms with Gasteiger partial charge in [-0.25, -0.2) is 4.98 Å². The number of aromatic nitrogens is 2. The highest BCUT2D eigenvalue weighted by atomic mass is 15.1. The Morgan fingerprint density at radius 1 is 1.44 bits per heavy atom. The number of aryl methyl sites for hydroxylation is 1. The first-order valence-electron chi connectivity index (χ1n) is 7.50. The molecule has 1 aromatic rings. The van der Waals surface area contributed by atoms with Crippen LogP contribution >= 0.6 is 0 Å². The zero-order valence-electron chi connectivity index (χ0n) is 11.9. The molecule has 0 spiro atoms. The second-order valence-electron chi connectivity index (χ2n) is 5.55. The highest BCUT2D eigenvalue weighted by molar-refractivity contribution is 4.95. The fraction of sp³-hybridized carbons (Fsp3) is 0.800. The summed E-state index contributed by atoms with van der Waals surface area (Å²) in [6.07, 6.45) is 13.6. The summed E-state index contributed by atoms with van der Waals surface area (Å²) in [4.78, 5) is 4.48. The van der Waals surface area contributed by atoms with Crippen molar-refractivity contribution in [2.45, 2.75) is 64.5 Å². The first-order valence-corrected chi connectivity index (χ1v) is 7.50. The fourth-order valence-corrected chi connectivity index (χ4v) is 3.12. The minimum absolute atomic E-state index is 0.582. The third-order valence-electron chi connectivity index (χ3n) is 4.38. The van der Waals surface area contributed by atoms with E-state index in [2.05, 4.69) is 35.0 Å². The van der Waals surface area contributed by atoms with Gasteiger partial charge in [0.05, 0.1) is 0 Å². The van der Waals surface area contributed by atoms with Gasteiger partial charge in [-0.1, -0.05) is 25.7 Å². The van der Waals surface area contributed by atoms with Gasteiger partial charge in [0.15, 0.2) is 0 Å². The number of imidazole rings is 1. The molecule has 1 aliphatic carbocycles.